The van der Waals surface area contributed by atoms with E-state index in [4.69, 9.17) is 0 Å². The second kappa shape index (κ2) is 8.40. The highest BCUT2D eigenvalue weighted by atomic mass is 79.9. The normalized spacial score (nSPS) is 10.9. The quantitative estimate of drug-likeness (QED) is 0.488. The molecule has 0 fully saturated rings. The summed E-state index contributed by atoms with van der Waals surface area (Å²) >= 11 is 3.37. The van der Waals surface area contributed by atoms with E-state index >= 15 is 0 Å². The summed E-state index contributed by atoms with van der Waals surface area (Å²) in [6, 6.07) is 17.0. The Morgan fingerprint density at radius 2 is 1.83 bits per heavy atom. The predicted molar refractivity (Wildman–Crippen MR) is 114 cm³/mol. The molecule has 0 radical (unpaired) electrons. The Hall–Kier alpha value is -3.26. The Labute approximate surface area is 175 Å². The van der Waals surface area contributed by atoms with Gasteiger partial charge in [-0.3, -0.25) is 14.2 Å². The highest BCUT2D eigenvalue weighted by molar-refractivity contribution is 9.10. The van der Waals surface area contributed by atoms with E-state index in [0.29, 0.717) is 36.2 Å². The molecule has 2 aromatic heterocycles. The highest BCUT2D eigenvalue weighted by Crippen LogP contribution is 2.15. The van der Waals surface area contributed by atoms with Crippen molar-refractivity contribution in [3.8, 4) is 0 Å². The van der Waals surface area contributed by atoms with Gasteiger partial charge in [0, 0.05) is 11.0 Å². The van der Waals surface area contributed by atoms with Gasteiger partial charge in [0.05, 0.1) is 24.8 Å². The van der Waals surface area contributed by atoms with E-state index in [1.807, 2.05) is 48.5 Å². The summed E-state index contributed by atoms with van der Waals surface area (Å²) in [7, 11) is 0. The fourth-order valence-electron chi connectivity index (χ4n) is 3.07. The van der Waals surface area contributed by atoms with Crippen LogP contribution in [0.15, 0.2) is 76.4 Å². The first kappa shape index (κ1) is 19.1. The molecular formula is C21H18BrN5O2. The monoisotopic (exact) mass is 451 g/mol. The smallest absolute Gasteiger partial charge is 0.264 e. The average Bonchev–Trinajstić information content (AvgIpc) is 3.15. The summed E-state index contributed by atoms with van der Waals surface area (Å²) in [5.41, 5.74) is 1.97. The molecule has 0 aliphatic carbocycles. The molecule has 29 heavy (non-hydrogen) atoms. The average molecular weight is 452 g/mol. The molecule has 0 spiro atoms. The number of halogens is 1. The van der Waals surface area contributed by atoms with Crippen LogP contribution in [-0.4, -0.2) is 31.8 Å². The Kier molecular flexibility index (Phi) is 5.53. The molecule has 1 N–H and O–H groups in total. The van der Waals surface area contributed by atoms with Gasteiger partial charge in [0.15, 0.2) is 5.65 Å². The number of aromatic nitrogens is 4. The Balaban J connectivity index is 1.46. The zero-order valence-corrected chi connectivity index (χ0v) is 17.0. The third-order valence-corrected chi connectivity index (χ3v) is 5.24. The van der Waals surface area contributed by atoms with Crippen LogP contribution in [0.5, 0.6) is 0 Å². The molecule has 2 aromatic carbocycles. The first-order valence-corrected chi connectivity index (χ1v) is 9.90. The van der Waals surface area contributed by atoms with Crippen molar-refractivity contribution in [2.24, 2.45) is 0 Å². The number of nitrogens with one attached hydrogen (secondary N) is 1. The minimum atomic E-state index is -0.174. The van der Waals surface area contributed by atoms with Crippen LogP contribution in [-0.2, 0) is 13.1 Å². The van der Waals surface area contributed by atoms with Crippen LogP contribution in [0, 0.1) is 0 Å². The molecule has 1 amide bonds. The number of nitrogens with zero attached hydrogens (tertiary/aromatic N) is 4. The zero-order valence-electron chi connectivity index (χ0n) is 15.5. The molecule has 7 nitrogen and oxygen atoms in total. The number of rotatable bonds is 6. The van der Waals surface area contributed by atoms with E-state index < -0.39 is 0 Å². The topological polar surface area (TPSA) is 81.8 Å². The van der Waals surface area contributed by atoms with Gasteiger partial charge in [-0.2, -0.15) is 5.10 Å². The summed E-state index contributed by atoms with van der Waals surface area (Å²) in [5.74, 6) is -0.174. The molecule has 146 valence electrons. The van der Waals surface area contributed by atoms with E-state index in [2.05, 4.69) is 31.3 Å². The molecule has 4 rings (SSSR count). The molecule has 0 saturated carbocycles. The van der Waals surface area contributed by atoms with Crippen LogP contribution < -0.4 is 10.9 Å². The molecule has 2 heterocycles. The van der Waals surface area contributed by atoms with Crippen molar-refractivity contribution in [2.75, 3.05) is 6.54 Å². The maximum atomic E-state index is 12.7. The molecule has 0 aliphatic rings. The molecule has 0 atom stereocenters. The molecule has 8 heteroatoms. The van der Waals surface area contributed by atoms with Crippen molar-refractivity contribution < 1.29 is 4.79 Å². The number of carbonyl (C=O) groups excluding carboxylic acids is 1. The van der Waals surface area contributed by atoms with Crippen molar-refractivity contribution in [3.63, 3.8) is 0 Å². The highest BCUT2D eigenvalue weighted by Gasteiger charge is 2.12. The number of carbonyl (C=O) groups is 1. The maximum absolute atomic E-state index is 12.7. The van der Waals surface area contributed by atoms with E-state index in [0.717, 1.165) is 10.0 Å². The fourth-order valence-corrected chi connectivity index (χ4v) is 3.53. The van der Waals surface area contributed by atoms with Crippen LogP contribution in [0.2, 0.25) is 0 Å². The second-order valence-corrected chi connectivity index (χ2v) is 7.36. The third-order valence-electron chi connectivity index (χ3n) is 4.55. The van der Waals surface area contributed by atoms with Gasteiger partial charge in [0.1, 0.15) is 11.7 Å². The first-order chi connectivity index (χ1) is 14.1. The molecule has 0 bridgehead atoms. The lowest BCUT2D eigenvalue weighted by atomic mass is 10.2. The van der Waals surface area contributed by atoms with Crippen LogP contribution in [0.25, 0.3) is 11.0 Å². The largest absolute Gasteiger partial charge is 0.350 e. The van der Waals surface area contributed by atoms with Gasteiger partial charge in [0.2, 0.25) is 0 Å². The van der Waals surface area contributed by atoms with Crippen molar-refractivity contribution in [2.45, 2.75) is 13.1 Å². The van der Waals surface area contributed by atoms with Gasteiger partial charge >= 0.3 is 0 Å². The van der Waals surface area contributed by atoms with Gasteiger partial charge in [0.25, 0.3) is 11.5 Å². The first-order valence-electron chi connectivity index (χ1n) is 9.11. The van der Waals surface area contributed by atoms with E-state index in [1.165, 1.54) is 12.5 Å². The number of amides is 1. The van der Waals surface area contributed by atoms with Crippen LogP contribution >= 0.6 is 15.9 Å². The number of benzene rings is 2. The van der Waals surface area contributed by atoms with Crippen molar-refractivity contribution >= 4 is 32.9 Å². The standard InChI is InChI=1S/C21H18BrN5O2/c22-18-9-5-4-8-16(18)20(28)23-10-11-27-19-17(12-25-27)21(29)26(14-24-19)13-15-6-2-1-3-7-15/h1-9,12,14H,10-11,13H2,(H,23,28). The number of fused-ring (bicyclic) bond motifs is 1. The van der Waals surface area contributed by atoms with Crippen LogP contribution in [0.3, 0.4) is 0 Å². The van der Waals surface area contributed by atoms with Gasteiger partial charge < -0.3 is 5.32 Å². The van der Waals surface area contributed by atoms with Crippen molar-refractivity contribution in [3.05, 3.63) is 93.1 Å². The molecule has 0 aliphatic heterocycles. The summed E-state index contributed by atoms with van der Waals surface area (Å²) in [5, 5.41) is 7.59. The molecule has 0 unspecified atom stereocenters. The van der Waals surface area contributed by atoms with E-state index in [9.17, 15) is 9.59 Å². The van der Waals surface area contributed by atoms with Crippen molar-refractivity contribution in [1.82, 2.24) is 24.6 Å². The van der Waals surface area contributed by atoms with E-state index in [-0.39, 0.29) is 11.5 Å². The minimum absolute atomic E-state index is 0.137. The lowest BCUT2D eigenvalue weighted by Gasteiger charge is -2.08. The third kappa shape index (κ3) is 4.12. The van der Waals surface area contributed by atoms with Crippen molar-refractivity contribution in [1.29, 1.82) is 0 Å². The van der Waals surface area contributed by atoms with Gasteiger partial charge in [-0.05, 0) is 33.6 Å². The number of hydrogen-bond donors (Lipinski definition) is 1. The zero-order chi connectivity index (χ0) is 20.2. The van der Waals surface area contributed by atoms with E-state index in [1.54, 1.807) is 15.3 Å². The van der Waals surface area contributed by atoms with Crippen LogP contribution in [0.4, 0.5) is 0 Å². The lowest BCUT2D eigenvalue weighted by molar-refractivity contribution is 0.0951. The Morgan fingerprint density at radius 1 is 1.07 bits per heavy atom. The second-order valence-electron chi connectivity index (χ2n) is 6.50. The van der Waals surface area contributed by atoms with Gasteiger partial charge in [-0.15, -0.1) is 0 Å². The summed E-state index contributed by atoms with van der Waals surface area (Å²) in [4.78, 5) is 29.4. The molecule has 0 saturated heterocycles. The van der Waals surface area contributed by atoms with Crippen LogP contribution in [0.1, 0.15) is 15.9 Å². The summed E-state index contributed by atoms with van der Waals surface area (Å²) in [6.07, 6.45) is 3.07. The summed E-state index contributed by atoms with van der Waals surface area (Å²) in [6.45, 7) is 1.23. The minimum Gasteiger partial charge on any atom is -0.350 e. The molecular weight excluding hydrogens is 434 g/mol. The Morgan fingerprint density at radius 3 is 2.62 bits per heavy atom. The Bertz CT molecular complexity index is 1220. The fraction of sp³-hybridized carbons (Fsp3) is 0.143. The summed E-state index contributed by atoms with van der Waals surface area (Å²) < 4.78 is 3.94. The SMILES string of the molecule is O=C(NCCn1ncc2c(=O)n(Cc3ccccc3)cnc21)c1ccccc1Br. The maximum Gasteiger partial charge on any atom is 0.264 e. The van der Waals surface area contributed by atoms with Gasteiger partial charge in [-0.1, -0.05) is 42.5 Å². The predicted octanol–water partition coefficient (Wildman–Crippen LogP) is 2.83. The lowest BCUT2D eigenvalue weighted by Crippen LogP contribution is -2.28. The number of hydrogen-bond acceptors (Lipinski definition) is 4. The molecule has 4 aromatic rings. The van der Waals surface area contributed by atoms with Gasteiger partial charge in [-0.25, -0.2) is 9.67 Å².